The highest BCUT2D eigenvalue weighted by molar-refractivity contribution is 7.98. The van der Waals surface area contributed by atoms with E-state index >= 15 is 0 Å². The van der Waals surface area contributed by atoms with E-state index in [1.807, 2.05) is 24.5 Å². The van der Waals surface area contributed by atoms with Gasteiger partial charge in [0.05, 0.1) is 0 Å². The molecular weight excluding hydrogens is 286 g/mol. The van der Waals surface area contributed by atoms with E-state index in [0.29, 0.717) is 13.0 Å². The van der Waals surface area contributed by atoms with Crippen LogP contribution in [-0.4, -0.2) is 36.5 Å². The van der Waals surface area contributed by atoms with Crippen molar-refractivity contribution in [2.45, 2.75) is 25.3 Å². The van der Waals surface area contributed by atoms with Crippen molar-refractivity contribution >= 4 is 23.7 Å². The molecule has 6 heteroatoms. The summed E-state index contributed by atoms with van der Waals surface area (Å²) in [4.78, 5) is 22.9. The molecule has 1 atom stereocenters. The minimum absolute atomic E-state index is 0.170. The van der Waals surface area contributed by atoms with Gasteiger partial charge in [-0.1, -0.05) is 30.3 Å². The first-order valence-electron chi connectivity index (χ1n) is 7.00. The fourth-order valence-electron chi connectivity index (χ4n) is 1.95. The molecule has 1 unspecified atom stereocenters. The van der Waals surface area contributed by atoms with Crippen LogP contribution in [0.5, 0.6) is 0 Å². The predicted molar refractivity (Wildman–Crippen MR) is 87.3 cm³/mol. The Balaban J connectivity index is 2.30. The number of rotatable bonds is 9. The van der Waals surface area contributed by atoms with Gasteiger partial charge in [-0.05, 0) is 36.8 Å². The third-order valence-electron chi connectivity index (χ3n) is 3.03. The van der Waals surface area contributed by atoms with Crippen LogP contribution in [0.25, 0.3) is 0 Å². The van der Waals surface area contributed by atoms with E-state index in [4.69, 9.17) is 5.73 Å². The van der Waals surface area contributed by atoms with Crippen LogP contribution in [0.2, 0.25) is 0 Å². The minimum atomic E-state index is -0.666. The van der Waals surface area contributed by atoms with Gasteiger partial charge >= 0.3 is 6.03 Å². The van der Waals surface area contributed by atoms with Gasteiger partial charge in [-0.3, -0.25) is 4.79 Å². The van der Waals surface area contributed by atoms with Crippen LogP contribution >= 0.6 is 11.8 Å². The van der Waals surface area contributed by atoms with E-state index in [9.17, 15) is 9.59 Å². The quantitative estimate of drug-likeness (QED) is 0.605. The number of aryl methyl sites for hydroxylation is 1. The third kappa shape index (κ3) is 7.60. The number of hydrogen-bond donors (Lipinski definition) is 3. The molecule has 0 aromatic heterocycles. The summed E-state index contributed by atoms with van der Waals surface area (Å²) in [6.45, 7) is 0.587. The first-order valence-corrected chi connectivity index (χ1v) is 8.39. The second-order valence-corrected chi connectivity index (χ2v) is 5.71. The fraction of sp³-hybridized carbons (Fsp3) is 0.467. The van der Waals surface area contributed by atoms with Gasteiger partial charge in [0.2, 0.25) is 5.91 Å². The maximum atomic E-state index is 12.0. The molecule has 0 aliphatic heterocycles. The maximum Gasteiger partial charge on any atom is 0.312 e. The van der Waals surface area contributed by atoms with Crippen molar-refractivity contribution in [3.05, 3.63) is 35.9 Å². The summed E-state index contributed by atoms with van der Waals surface area (Å²) in [5.74, 6) is 0.624. The summed E-state index contributed by atoms with van der Waals surface area (Å²) in [7, 11) is 0. The molecule has 0 fully saturated rings. The second kappa shape index (κ2) is 10.1. The first-order chi connectivity index (χ1) is 10.1. The topological polar surface area (TPSA) is 84.2 Å². The van der Waals surface area contributed by atoms with Crippen molar-refractivity contribution in [1.82, 2.24) is 10.6 Å². The molecule has 1 aromatic carbocycles. The van der Waals surface area contributed by atoms with Gasteiger partial charge in [-0.15, -0.1) is 0 Å². The summed E-state index contributed by atoms with van der Waals surface area (Å²) < 4.78 is 0. The van der Waals surface area contributed by atoms with Crippen LogP contribution in [0.1, 0.15) is 18.4 Å². The highest BCUT2D eigenvalue weighted by atomic mass is 32.2. The van der Waals surface area contributed by atoms with Crippen molar-refractivity contribution in [2.24, 2.45) is 5.73 Å². The van der Waals surface area contributed by atoms with E-state index in [1.54, 1.807) is 11.8 Å². The van der Waals surface area contributed by atoms with Crippen LogP contribution in [0, 0.1) is 0 Å². The van der Waals surface area contributed by atoms with Gasteiger partial charge in [0.25, 0.3) is 0 Å². The number of nitrogens with one attached hydrogen (secondary N) is 2. The van der Waals surface area contributed by atoms with Crippen molar-refractivity contribution in [1.29, 1.82) is 0 Å². The van der Waals surface area contributed by atoms with Crippen LogP contribution in [0.4, 0.5) is 4.79 Å². The molecule has 116 valence electrons. The predicted octanol–water partition coefficient (Wildman–Crippen LogP) is 1.53. The number of primary amides is 1. The molecule has 4 N–H and O–H groups in total. The van der Waals surface area contributed by atoms with E-state index in [1.165, 1.54) is 5.56 Å². The van der Waals surface area contributed by atoms with Gasteiger partial charge in [0.1, 0.15) is 6.04 Å². The maximum absolute atomic E-state index is 12.0. The molecule has 0 aliphatic rings. The number of amides is 3. The molecule has 1 rings (SSSR count). The van der Waals surface area contributed by atoms with Gasteiger partial charge < -0.3 is 16.4 Å². The molecule has 0 radical (unpaired) electrons. The zero-order valence-electron chi connectivity index (χ0n) is 12.3. The number of hydrogen-bond acceptors (Lipinski definition) is 3. The van der Waals surface area contributed by atoms with Gasteiger partial charge in [0, 0.05) is 6.54 Å². The number of carbonyl (C=O) groups is 2. The van der Waals surface area contributed by atoms with E-state index < -0.39 is 12.1 Å². The Morgan fingerprint density at radius 1 is 1.29 bits per heavy atom. The van der Waals surface area contributed by atoms with Crippen LogP contribution in [-0.2, 0) is 11.2 Å². The second-order valence-electron chi connectivity index (χ2n) is 4.72. The molecule has 21 heavy (non-hydrogen) atoms. The average Bonchev–Trinajstić information content (AvgIpc) is 2.48. The molecule has 0 saturated carbocycles. The van der Waals surface area contributed by atoms with E-state index in [0.717, 1.165) is 18.6 Å². The lowest BCUT2D eigenvalue weighted by Crippen LogP contribution is -2.49. The lowest BCUT2D eigenvalue weighted by atomic mass is 10.1. The van der Waals surface area contributed by atoms with Gasteiger partial charge in [0.15, 0.2) is 0 Å². The molecule has 3 amide bonds. The van der Waals surface area contributed by atoms with Crippen LogP contribution in [0.15, 0.2) is 30.3 Å². The number of thioether (sulfide) groups is 1. The van der Waals surface area contributed by atoms with Crippen molar-refractivity contribution in [3.63, 3.8) is 0 Å². The van der Waals surface area contributed by atoms with E-state index in [2.05, 4.69) is 22.8 Å². The molecule has 0 saturated heterocycles. The summed E-state index contributed by atoms with van der Waals surface area (Å²) in [5, 5.41) is 5.34. The third-order valence-corrected chi connectivity index (χ3v) is 3.67. The lowest BCUT2D eigenvalue weighted by Gasteiger charge is -2.16. The zero-order chi connectivity index (χ0) is 15.5. The summed E-state index contributed by atoms with van der Waals surface area (Å²) >= 11 is 1.63. The standard InChI is InChI=1S/C15H23N3O2S/c1-21-11-9-13(18-15(16)20)14(19)17-10-5-8-12-6-3-2-4-7-12/h2-4,6-7,13H,5,8-11H2,1H3,(H,17,19)(H3,16,18,20). The average molecular weight is 309 g/mol. The number of nitrogens with two attached hydrogens (primary N) is 1. The van der Waals surface area contributed by atoms with Crippen molar-refractivity contribution < 1.29 is 9.59 Å². The van der Waals surface area contributed by atoms with Crippen molar-refractivity contribution in [2.75, 3.05) is 18.6 Å². The monoisotopic (exact) mass is 309 g/mol. The minimum Gasteiger partial charge on any atom is -0.354 e. The smallest absolute Gasteiger partial charge is 0.312 e. The van der Waals surface area contributed by atoms with Gasteiger partial charge in [-0.25, -0.2) is 4.79 Å². The van der Waals surface area contributed by atoms with Crippen LogP contribution in [0.3, 0.4) is 0 Å². The Morgan fingerprint density at radius 2 is 2.00 bits per heavy atom. The van der Waals surface area contributed by atoms with E-state index in [-0.39, 0.29) is 5.91 Å². The highest BCUT2D eigenvalue weighted by Crippen LogP contribution is 2.03. The van der Waals surface area contributed by atoms with Gasteiger partial charge in [-0.2, -0.15) is 11.8 Å². The largest absolute Gasteiger partial charge is 0.354 e. The Kier molecular flexibility index (Phi) is 8.35. The fourth-order valence-corrected chi connectivity index (χ4v) is 2.42. The summed E-state index contributed by atoms with van der Waals surface area (Å²) in [6.07, 6.45) is 4.31. The summed E-state index contributed by atoms with van der Waals surface area (Å²) in [5.41, 5.74) is 6.35. The molecule has 0 bridgehead atoms. The first kappa shape index (κ1) is 17.4. The molecule has 0 spiro atoms. The number of urea groups is 1. The Labute approximate surface area is 130 Å². The molecule has 5 nitrogen and oxygen atoms in total. The number of benzene rings is 1. The SMILES string of the molecule is CSCCC(NC(N)=O)C(=O)NCCCc1ccccc1. The Hall–Kier alpha value is -1.69. The number of carbonyl (C=O) groups excluding carboxylic acids is 2. The lowest BCUT2D eigenvalue weighted by molar-refractivity contribution is -0.122. The Morgan fingerprint density at radius 3 is 2.62 bits per heavy atom. The molecule has 0 heterocycles. The summed E-state index contributed by atoms with van der Waals surface area (Å²) in [6, 6.07) is 8.91. The Bertz CT molecular complexity index is 440. The van der Waals surface area contributed by atoms with Crippen molar-refractivity contribution in [3.8, 4) is 0 Å². The normalized spacial score (nSPS) is 11.7. The highest BCUT2D eigenvalue weighted by Gasteiger charge is 2.18. The zero-order valence-corrected chi connectivity index (χ0v) is 13.1. The molecule has 0 aliphatic carbocycles. The molecule has 1 aromatic rings. The van der Waals surface area contributed by atoms with Crippen LogP contribution < -0.4 is 16.4 Å². The molecular formula is C15H23N3O2S.